The predicted molar refractivity (Wildman–Crippen MR) is 77.6 cm³/mol. The molecular weight excluding hydrogens is 348 g/mol. The summed E-state index contributed by atoms with van der Waals surface area (Å²) in [6.07, 6.45) is 0. The molecule has 4 nitrogen and oxygen atoms in total. The number of rotatable bonds is 3. The Morgan fingerprint density at radius 2 is 2.11 bits per heavy atom. The van der Waals surface area contributed by atoms with Crippen LogP contribution in [0.5, 0.6) is 5.88 Å². The van der Waals surface area contributed by atoms with Gasteiger partial charge in [0.05, 0.1) is 22.1 Å². The van der Waals surface area contributed by atoms with Crippen LogP contribution in [0.4, 0.5) is 21.6 Å². The maximum atomic E-state index is 13.4. The van der Waals surface area contributed by atoms with Gasteiger partial charge < -0.3 is 15.8 Å². The van der Waals surface area contributed by atoms with Crippen molar-refractivity contribution in [1.82, 2.24) is 4.98 Å². The number of hydrogen-bond acceptors (Lipinski definition) is 4. The second kappa shape index (κ2) is 5.38. The molecule has 6 heteroatoms. The van der Waals surface area contributed by atoms with Crippen molar-refractivity contribution in [1.29, 1.82) is 0 Å². The van der Waals surface area contributed by atoms with E-state index in [-0.39, 0.29) is 5.82 Å². The van der Waals surface area contributed by atoms with Gasteiger partial charge in [-0.2, -0.15) is 4.98 Å². The molecule has 0 radical (unpaired) electrons. The largest absolute Gasteiger partial charge is 0.479 e. The number of nitrogen functional groups attached to an aromatic ring is 1. The minimum Gasteiger partial charge on any atom is -0.479 e. The van der Waals surface area contributed by atoms with E-state index in [1.807, 2.05) is 22.6 Å². The Balaban J connectivity index is 2.31. The summed E-state index contributed by atoms with van der Waals surface area (Å²) in [6, 6.07) is 8.20. The maximum Gasteiger partial charge on any atom is 0.238 e. The zero-order valence-corrected chi connectivity index (χ0v) is 11.7. The standard InChI is InChI=1S/C12H11FIN3O/c1-18-12-8(15)5-6-10(17-12)16-9-4-2-3-7(13)11(9)14/h2-6H,15H2,1H3,(H,16,17). The SMILES string of the molecule is COc1nc(Nc2cccc(F)c2I)ccc1N. The van der Waals surface area contributed by atoms with Crippen LogP contribution in [0.15, 0.2) is 30.3 Å². The summed E-state index contributed by atoms with van der Waals surface area (Å²) in [5, 5.41) is 3.02. The average Bonchev–Trinajstić information content (AvgIpc) is 2.37. The third-order valence-electron chi connectivity index (χ3n) is 2.30. The van der Waals surface area contributed by atoms with E-state index in [4.69, 9.17) is 10.5 Å². The summed E-state index contributed by atoms with van der Waals surface area (Å²) < 4.78 is 18.9. The molecule has 18 heavy (non-hydrogen) atoms. The minimum atomic E-state index is -0.275. The average molecular weight is 359 g/mol. The molecule has 0 aliphatic heterocycles. The van der Waals surface area contributed by atoms with Gasteiger partial charge in [-0.05, 0) is 46.9 Å². The minimum absolute atomic E-state index is 0.275. The summed E-state index contributed by atoms with van der Waals surface area (Å²) in [7, 11) is 1.49. The number of nitrogens with zero attached hydrogens (tertiary/aromatic N) is 1. The number of pyridine rings is 1. The second-order valence-corrected chi connectivity index (χ2v) is 4.60. The Morgan fingerprint density at radius 1 is 1.33 bits per heavy atom. The van der Waals surface area contributed by atoms with Crippen LogP contribution >= 0.6 is 22.6 Å². The van der Waals surface area contributed by atoms with Gasteiger partial charge >= 0.3 is 0 Å². The van der Waals surface area contributed by atoms with Crippen molar-refractivity contribution in [3.05, 3.63) is 39.7 Å². The first-order valence-corrected chi connectivity index (χ1v) is 6.21. The molecule has 3 N–H and O–H groups in total. The first-order valence-electron chi connectivity index (χ1n) is 5.13. The van der Waals surface area contributed by atoms with Crippen molar-refractivity contribution < 1.29 is 9.13 Å². The third kappa shape index (κ3) is 2.63. The monoisotopic (exact) mass is 359 g/mol. The molecule has 1 aromatic carbocycles. The van der Waals surface area contributed by atoms with E-state index in [2.05, 4.69) is 10.3 Å². The Hall–Kier alpha value is -1.57. The Labute approximate surface area is 118 Å². The van der Waals surface area contributed by atoms with Gasteiger partial charge in [-0.3, -0.25) is 0 Å². The number of ether oxygens (including phenoxy) is 1. The summed E-state index contributed by atoms with van der Waals surface area (Å²) in [5.41, 5.74) is 6.77. The van der Waals surface area contributed by atoms with Gasteiger partial charge in [-0.25, -0.2) is 4.39 Å². The second-order valence-electron chi connectivity index (χ2n) is 3.52. The highest BCUT2D eigenvalue weighted by atomic mass is 127. The highest BCUT2D eigenvalue weighted by Crippen LogP contribution is 2.26. The van der Waals surface area contributed by atoms with Crippen LogP contribution in [0.1, 0.15) is 0 Å². The summed E-state index contributed by atoms with van der Waals surface area (Å²) >= 11 is 1.94. The lowest BCUT2D eigenvalue weighted by atomic mass is 10.3. The Bertz CT molecular complexity index is 577. The molecule has 0 aliphatic rings. The molecule has 2 rings (SSSR count). The smallest absolute Gasteiger partial charge is 0.238 e. The molecule has 0 fully saturated rings. The lowest BCUT2D eigenvalue weighted by Gasteiger charge is -2.10. The van der Waals surface area contributed by atoms with E-state index in [9.17, 15) is 4.39 Å². The van der Waals surface area contributed by atoms with E-state index in [1.54, 1.807) is 24.3 Å². The normalized spacial score (nSPS) is 10.2. The van der Waals surface area contributed by atoms with Crippen LogP contribution in [0.3, 0.4) is 0 Å². The zero-order chi connectivity index (χ0) is 13.1. The molecular formula is C12H11FIN3O. The van der Waals surface area contributed by atoms with Crippen molar-refractivity contribution >= 4 is 39.8 Å². The van der Waals surface area contributed by atoms with Crippen molar-refractivity contribution in [2.45, 2.75) is 0 Å². The van der Waals surface area contributed by atoms with Crippen molar-refractivity contribution in [2.24, 2.45) is 0 Å². The summed E-state index contributed by atoms with van der Waals surface area (Å²) in [4.78, 5) is 4.17. The fraction of sp³-hybridized carbons (Fsp3) is 0.0833. The maximum absolute atomic E-state index is 13.4. The molecule has 2 aromatic rings. The number of nitrogens with one attached hydrogen (secondary N) is 1. The lowest BCUT2D eigenvalue weighted by Crippen LogP contribution is -2.01. The van der Waals surface area contributed by atoms with E-state index in [0.29, 0.717) is 26.6 Å². The van der Waals surface area contributed by atoms with Crippen LogP contribution in [0, 0.1) is 9.39 Å². The van der Waals surface area contributed by atoms with Gasteiger partial charge in [0.25, 0.3) is 0 Å². The van der Waals surface area contributed by atoms with Gasteiger partial charge in [0, 0.05) is 0 Å². The molecule has 0 spiro atoms. The molecule has 1 heterocycles. The molecule has 94 valence electrons. The van der Waals surface area contributed by atoms with Gasteiger partial charge in [0.15, 0.2) is 0 Å². The molecule has 0 bridgehead atoms. The van der Waals surface area contributed by atoms with E-state index in [1.165, 1.54) is 13.2 Å². The third-order valence-corrected chi connectivity index (χ3v) is 3.39. The topological polar surface area (TPSA) is 60.2 Å². The molecule has 0 atom stereocenters. The van der Waals surface area contributed by atoms with Crippen LogP contribution in [-0.4, -0.2) is 12.1 Å². The number of hydrogen-bond donors (Lipinski definition) is 2. The first-order chi connectivity index (χ1) is 8.61. The summed E-state index contributed by atoms with van der Waals surface area (Å²) in [6.45, 7) is 0. The molecule has 0 aliphatic carbocycles. The van der Waals surface area contributed by atoms with Gasteiger partial charge in [0.1, 0.15) is 11.6 Å². The number of aromatic nitrogens is 1. The Kier molecular flexibility index (Phi) is 3.85. The van der Waals surface area contributed by atoms with Crippen LogP contribution in [0.25, 0.3) is 0 Å². The first kappa shape index (κ1) is 12.9. The quantitative estimate of drug-likeness (QED) is 0.827. The zero-order valence-electron chi connectivity index (χ0n) is 9.58. The highest BCUT2D eigenvalue weighted by Gasteiger charge is 2.07. The van der Waals surface area contributed by atoms with E-state index < -0.39 is 0 Å². The van der Waals surface area contributed by atoms with Gasteiger partial charge in [-0.15, -0.1) is 0 Å². The number of halogens is 2. The number of benzene rings is 1. The molecule has 0 saturated carbocycles. The lowest BCUT2D eigenvalue weighted by molar-refractivity contribution is 0.401. The number of methoxy groups -OCH3 is 1. The van der Waals surface area contributed by atoms with E-state index in [0.717, 1.165) is 0 Å². The van der Waals surface area contributed by atoms with Crippen LogP contribution < -0.4 is 15.8 Å². The Morgan fingerprint density at radius 3 is 2.83 bits per heavy atom. The molecule has 1 aromatic heterocycles. The fourth-order valence-corrected chi connectivity index (χ4v) is 1.92. The highest BCUT2D eigenvalue weighted by molar-refractivity contribution is 14.1. The molecule has 0 saturated heterocycles. The number of anilines is 3. The van der Waals surface area contributed by atoms with Crippen molar-refractivity contribution in [3.8, 4) is 5.88 Å². The van der Waals surface area contributed by atoms with E-state index >= 15 is 0 Å². The molecule has 0 unspecified atom stereocenters. The van der Waals surface area contributed by atoms with Gasteiger partial charge in [-0.1, -0.05) is 6.07 Å². The van der Waals surface area contributed by atoms with Crippen molar-refractivity contribution in [3.63, 3.8) is 0 Å². The summed E-state index contributed by atoms with van der Waals surface area (Å²) in [5.74, 6) is 0.610. The number of nitrogens with two attached hydrogens (primary N) is 1. The predicted octanol–water partition coefficient (Wildman–Crippen LogP) is 3.16. The molecule has 0 amide bonds. The fourth-order valence-electron chi connectivity index (χ4n) is 1.42. The van der Waals surface area contributed by atoms with Crippen LogP contribution in [-0.2, 0) is 0 Å². The van der Waals surface area contributed by atoms with Crippen LogP contribution in [0.2, 0.25) is 0 Å². The van der Waals surface area contributed by atoms with Crippen molar-refractivity contribution in [2.75, 3.05) is 18.2 Å². The van der Waals surface area contributed by atoms with Gasteiger partial charge in [0.2, 0.25) is 5.88 Å².